The van der Waals surface area contributed by atoms with E-state index < -0.39 is 0 Å². The highest BCUT2D eigenvalue weighted by Crippen LogP contribution is 2.33. The van der Waals surface area contributed by atoms with E-state index in [2.05, 4.69) is 66.8 Å². The summed E-state index contributed by atoms with van der Waals surface area (Å²) in [5, 5.41) is 15.4. The van der Waals surface area contributed by atoms with Gasteiger partial charge in [0.25, 0.3) is 5.91 Å². The fraction of sp³-hybridized carbons (Fsp3) is 0.605. The molecule has 0 aliphatic carbocycles. The van der Waals surface area contributed by atoms with Crippen LogP contribution in [0.3, 0.4) is 0 Å². The molecule has 1 aliphatic rings. The van der Waals surface area contributed by atoms with E-state index >= 15 is 0 Å². The van der Waals surface area contributed by atoms with Crippen LogP contribution >= 0.6 is 0 Å². The molecule has 1 aliphatic heterocycles. The average molecular weight is 649 g/mol. The number of unbranched alkanes of at least 4 members (excludes halogenated alkanes) is 4. The maximum absolute atomic E-state index is 13.0. The first-order chi connectivity index (χ1) is 22.8. The Balaban J connectivity index is 0.000000426. The van der Waals surface area contributed by atoms with Crippen molar-refractivity contribution in [1.82, 2.24) is 20.0 Å². The van der Waals surface area contributed by atoms with Gasteiger partial charge in [-0.3, -0.25) is 14.3 Å². The first-order valence-electron chi connectivity index (χ1n) is 18.1. The number of benzene rings is 2. The lowest BCUT2D eigenvalue weighted by Gasteiger charge is -2.27. The van der Waals surface area contributed by atoms with Gasteiger partial charge in [0.15, 0.2) is 0 Å². The lowest BCUT2D eigenvalue weighted by Crippen LogP contribution is -2.29. The first kappa shape index (κ1) is 38.0. The third-order valence-electron chi connectivity index (χ3n) is 8.83. The van der Waals surface area contributed by atoms with Gasteiger partial charge in [-0.2, -0.15) is 5.10 Å². The maximum atomic E-state index is 13.0. The van der Waals surface area contributed by atoms with Gasteiger partial charge in [0.1, 0.15) is 0 Å². The van der Waals surface area contributed by atoms with Crippen molar-refractivity contribution in [2.24, 2.45) is 0 Å². The minimum Gasteiger partial charge on any atom is -0.381 e. The zero-order valence-corrected chi connectivity index (χ0v) is 29.9. The first-order valence-corrected chi connectivity index (χ1v) is 18.1. The van der Waals surface area contributed by atoms with Gasteiger partial charge in [-0.15, -0.1) is 0 Å². The van der Waals surface area contributed by atoms with Crippen LogP contribution in [-0.4, -0.2) is 65.9 Å². The van der Waals surface area contributed by atoms with Gasteiger partial charge in [0.2, 0.25) is 5.91 Å². The second-order valence-electron chi connectivity index (χ2n) is 12.5. The number of hydrogen-bond donors (Lipinski definition) is 3. The molecule has 1 aromatic heterocycles. The molecule has 4 rings (SSSR count). The number of rotatable bonds is 17. The largest absolute Gasteiger partial charge is 0.381 e. The standard InChI is InChI=1S/C27H35N5O3.C11H25N/c1-4-18-15-24-23(17-29-32(24)6-3)26(31-21-11-13-35-14-12-21)22(18)16-28-27(34)19-7-9-20(10-8-19)30-25(33)5-2;1-4-6-7-8-9-11-12(3)10-5-2/h7-10,15,17,21,31H,4-6,11-14,16H2,1-3H3,(H,28,34)(H,30,33);4-11H2,1-3H3. The Morgan fingerprint density at radius 1 is 0.957 bits per heavy atom. The Bertz CT molecular complexity index is 1360. The lowest BCUT2D eigenvalue weighted by atomic mass is 9.98. The average Bonchev–Trinajstić information content (AvgIpc) is 3.51. The molecule has 0 saturated carbocycles. The number of amides is 2. The Kier molecular flexibility index (Phi) is 16.8. The van der Waals surface area contributed by atoms with Gasteiger partial charge in [-0.25, -0.2) is 0 Å². The zero-order valence-electron chi connectivity index (χ0n) is 29.9. The van der Waals surface area contributed by atoms with Gasteiger partial charge in [0, 0.05) is 55.4 Å². The quantitative estimate of drug-likeness (QED) is 0.129. The Morgan fingerprint density at radius 2 is 1.68 bits per heavy atom. The molecular formula is C38H60N6O3. The van der Waals surface area contributed by atoms with Gasteiger partial charge < -0.3 is 25.6 Å². The van der Waals surface area contributed by atoms with E-state index in [1.54, 1.807) is 31.2 Å². The molecule has 2 heterocycles. The predicted molar refractivity (Wildman–Crippen MR) is 195 cm³/mol. The molecule has 2 aromatic carbocycles. The van der Waals surface area contributed by atoms with Gasteiger partial charge in [-0.1, -0.05) is 53.4 Å². The van der Waals surface area contributed by atoms with Crippen LogP contribution in [-0.2, 0) is 29.0 Å². The smallest absolute Gasteiger partial charge is 0.251 e. The van der Waals surface area contributed by atoms with Crippen molar-refractivity contribution in [3.8, 4) is 0 Å². The molecule has 1 fully saturated rings. The van der Waals surface area contributed by atoms with Crippen LogP contribution in [0.2, 0.25) is 0 Å². The predicted octanol–water partition coefficient (Wildman–Crippen LogP) is 7.79. The van der Waals surface area contributed by atoms with Crippen molar-refractivity contribution in [3.63, 3.8) is 0 Å². The third kappa shape index (κ3) is 12.0. The van der Waals surface area contributed by atoms with Crippen LogP contribution in [0.5, 0.6) is 0 Å². The molecule has 9 nitrogen and oxygen atoms in total. The number of nitrogens with one attached hydrogen (secondary N) is 3. The summed E-state index contributed by atoms with van der Waals surface area (Å²) in [6, 6.07) is 9.50. The van der Waals surface area contributed by atoms with Crippen LogP contribution < -0.4 is 16.0 Å². The molecule has 2 amide bonds. The van der Waals surface area contributed by atoms with Gasteiger partial charge in [0.05, 0.1) is 17.4 Å². The summed E-state index contributed by atoms with van der Waals surface area (Å²) in [5.74, 6) is -0.206. The van der Waals surface area contributed by atoms with Crippen molar-refractivity contribution in [3.05, 3.63) is 53.2 Å². The summed E-state index contributed by atoms with van der Waals surface area (Å²) in [4.78, 5) is 27.0. The zero-order chi connectivity index (χ0) is 34.0. The summed E-state index contributed by atoms with van der Waals surface area (Å²) >= 11 is 0. The van der Waals surface area contributed by atoms with E-state index in [1.165, 1.54) is 57.2 Å². The molecule has 260 valence electrons. The van der Waals surface area contributed by atoms with E-state index in [0.29, 0.717) is 30.3 Å². The highest BCUT2D eigenvalue weighted by molar-refractivity contribution is 5.97. The molecule has 1 saturated heterocycles. The van der Waals surface area contributed by atoms with E-state index in [-0.39, 0.29) is 11.8 Å². The number of ether oxygens (including phenoxy) is 1. The number of carbonyl (C=O) groups excluding carboxylic acids is 2. The van der Waals surface area contributed by atoms with Crippen molar-refractivity contribution in [2.45, 2.75) is 118 Å². The van der Waals surface area contributed by atoms with E-state index in [4.69, 9.17) is 4.74 Å². The van der Waals surface area contributed by atoms with E-state index in [1.807, 2.05) is 10.9 Å². The molecule has 47 heavy (non-hydrogen) atoms. The number of anilines is 2. The molecule has 0 atom stereocenters. The SMILES string of the molecule is CCC(=O)Nc1ccc(C(=O)NCc2c(CC)cc3c(cnn3CC)c2NC2CCOCC2)cc1.CCCCCCCN(C)CCC. The van der Waals surface area contributed by atoms with Crippen LogP contribution in [0.15, 0.2) is 36.5 Å². The van der Waals surface area contributed by atoms with Crippen molar-refractivity contribution in [2.75, 3.05) is 44.0 Å². The highest BCUT2D eigenvalue weighted by Gasteiger charge is 2.21. The van der Waals surface area contributed by atoms with Crippen molar-refractivity contribution >= 4 is 34.1 Å². The fourth-order valence-electron chi connectivity index (χ4n) is 6.00. The van der Waals surface area contributed by atoms with Crippen molar-refractivity contribution in [1.29, 1.82) is 0 Å². The van der Waals surface area contributed by atoms with Crippen LogP contribution in [0, 0.1) is 0 Å². The molecule has 3 N–H and O–H groups in total. The van der Waals surface area contributed by atoms with E-state index in [0.717, 1.165) is 61.2 Å². The number of aromatic nitrogens is 2. The topological polar surface area (TPSA) is 101 Å². The van der Waals surface area contributed by atoms with Crippen LogP contribution in [0.4, 0.5) is 11.4 Å². The number of carbonyl (C=O) groups is 2. The Morgan fingerprint density at radius 3 is 2.32 bits per heavy atom. The summed E-state index contributed by atoms with van der Waals surface area (Å²) in [5.41, 5.74) is 5.70. The van der Waals surface area contributed by atoms with Crippen molar-refractivity contribution < 1.29 is 14.3 Å². The summed E-state index contributed by atoms with van der Waals surface area (Å²) < 4.78 is 7.57. The van der Waals surface area contributed by atoms with Gasteiger partial charge >= 0.3 is 0 Å². The molecule has 0 spiro atoms. The number of nitrogens with zero attached hydrogens (tertiary/aromatic N) is 3. The molecular weight excluding hydrogens is 588 g/mol. The Hall–Kier alpha value is -3.43. The molecule has 0 unspecified atom stereocenters. The summed E-state index contributed by atoms with van der Waals surface area (Å²) in [6.07, 6.45) is 13.4. The monoisotopic (exact) mass is 648 g/mol. The van der Waals surface area contributed by atoms with E-state index in [9.17, 15) is 9.59 Å². The van der Waals surface area contributed by atoms with Crippen LogP contribution in [0.25, 0.3) is 10.9 Å². The lowest BCUT2D eigenvalue weighted by molar-refractivity contribution is -0.115. The molecule has 0 radical (unpaired) electrons. The number of aryl methyl sites for hydroxylation is 2. The normalized spacial score (nSPS) is 13.3. The van der Waals surface area contributed by atoms with Crippen LogP contribution in [0.1, 0.15) is 114 Å². The fourth-order valence-corrected chi connectivity index (χ4v) is 6.00. The minimum atomic E-state index is -0.151. The minimum absolute atomic E-state index is 0.0550. The second-order valence-corrected chi connectivity index (χ2v) is 12.5. The molecule has 9 heteroatoms. The molecule has 0 bridgehead atoms. The summed E-state index contributed by atoms with van der Waals surface area (Å²) in [6.45, 7) is 15.8. The molecule has 3 aromatic rings. The number of hydrogen-bond acceptors (Lipinski definition) is 6. The third-order valence-corrected chi connectivity index (χ3v) is 8.83. The van der Waals surface area contributed by atoms with Gasteiger partial charge in [-0.05, 0) is 101 Å². The summed E-state index contributed by atoms with van der Waals surface area (Å²) in [7, 11) is 2.23. The maximum Gasteiger partial charge on any atom is 0.251 e. The number of fused-ring (bicyclic) bond motifs is 1. The second kappa shape index (κ2) is 20.7. The Labute approximate surface area is 283 Å². The highest BCUT2D eigenvalue weighted by atomic mass is 16.5.